The van der Waals surface area contributed by atoms with Crippen molar-refractivity contribution in [3.63, 3.8) is 0 Å². The number of amides is 1. The van der Waals surface area contributed by atoms with Crippen molar-refractivity contribution in [2.45, 2.75) is 83.6 Å². The summed E-state index contributed by atoms with van der Waals surface area (Å²) in [6, 6.07) is -0.333. The summed E-state index contributed by atoms with van der Waals surface area (Å²) in [5.74, 6) is 0.965. The van der Waals surface area contributed by atoms with Gasteiger partial charge < -0.3 is 11.1 Å². The minimum absolute atomic E-state index is 0.0139. The molecular weight excluding hydrogens is 280 g/mol. The summed E-state index contributed by atoms with van der Waals surface area (Å²) in [7, 11) is 0. The van der Waals surface area contributed by atoms with E-state index in [1.165, 1.54) is 57.8 Å². The van der Waals surface area contributed by atoms with Crippen molar-refractivity contribution < 1.29 is 4.79 Å². The Hall–Kier alpha value is -0.220. The van der Waals surface area contributed by atoms with E-state index in [0.717, 1.165) is 25.1 Å². The third-order valence-electron chi connectivity index (χ3n) is 3.80. The summed E-state index contributed by atoms with van der Waals surface area (Å²) < 4.78 is 0. The summed E-state index contributed by atoms with van der Waals surface area (Å²) in [5.41, 5.74) is 5.81. The number of rotatable bonds is 15. The van der Waals surface area contributed by atoms with Crippen LogP contribution in [-0.2, 0) is 4.79 Å². The van der Waals surface area contributed by atoms with Gasteiger partial charge in [0, 0.05) is 6.54 Å². The minimum Gasteiger partial charge on any atom is -0.355 e. The van der Waals surface area contributed by atoms with E-state index < -0.39 is 0 Å². The van der Waals surface area contributed by atoms with E-state index in [-0.39, 0.29) is 11.9 Å². The van der Waals surface area contributed by atoms with E-state index in [1.54, 1.807) is 11.8 Å². The Labute approximate surface area is 136 Å². The lowest BCUT2D eigenvalue weighted by molar-refractivity contribution is -0.122. The molecule has 0 aromatic rings. The zero-order valence-electron chi connectivity index (χ0n) is 14.2. The highest BCUT2D eigenvalue weighted by Gasteiger charge is 2.11. The third kappa shape index (κ3) is 14.5. The number of unbranched alkanes of at least 4 members (excludes halogenated alkanes) is 9. The molecule has 0 aliphatic rings. The standard InChI is InChI=1S/C17H36N2OS/c1-3-4-5-6-7-8-9-10-11-12-14-19-17(20)16(18)13-15-21-2/h16H,3-15,18H2,1-2H3,(H,19,20)/t16-/m0/s1. The molecule has 0 bridgehead atoms. The van der Waals surface area contributed by atoms with Crippen molar-refractivity contribution >= 4 is 17.7 Å². The molecule has 0 unspecified atom stereocenters. The van der Waals surface area contributed by atoms with Crippen LogP contribution in [0.25, 0.3) is 0 Å². The first-order valence-corrected chi connectivity index (χ1v) is 10.1. The predicted molar refractivity (Wildman–Crippen MR) is 95.8 cm³/mol. The monoisotopic (exact) mass is 316 g/mol. The molecule has 0 fully saturated rings. The molecule has 0 saturated heterocycles. The summed E-state index contributed by atoms with van der Waals surface area (Å²) >= 11 is 1.73. The van der Waals surface area contributed by atoms with E-state index in [4.69, 9.17) is 5.73 Å². The highest BCUT2D eigenvalue weighted by molar-refractivity contribution is 7.98. The van der Waals surface area contributed by atoms with Gasteiger partial charge >= 0.3 is 0 Å². The van der Waals surface area contributed by atoms with Gasteiger partial charge in [0.2, 0.25) is 5.91 Å². The van der Waals surface area contributed by atoms with Crippen LogP contribution in [0.3, 0.4) is 0 Å². The Morgan fingerprint density at radius 1 is 1.00 bits per heavy atom. The third-order valence-corrected chi connectivity index (χ3v) is 4.44. The number of hydrogen-bond donors (Lipinski definition) is 2. The van der Waals surface area contributed by atoms with Crippen LogP contribution in [0.1, 0.15) is 77.6 Å². The molecule has 0 rings (SSSR count). The largest absolute Gasteiger partial charge is 0.355 e. The van der Waals surface area contributed by atoms with Gasteiger partial charge in [-0.2, -0.15) is 11.8 Å². The van der Waals surface area contributed by atoms with Crippen molar-refractivity contribution in [1.29, 1.82) is 0 Å². The molecule has 1 atom stereocenters. The average Bonchev–Trinajstić information content (AvgIpc) is 2.49. The number of thioether (sulfide) groups is 1. The molecule has 1 amide bonds. The Balaban J connectivity index is 3.23. The molecule has 21 heavy (non-hydrogen) atoms. The van der Waals surface area contributed by atoms with E-state index in [9.17, 15) is 4.79 Å². The van der Waals surface area contributed by atoms with Crippen molar-refractivity contribution in [1.82, 2.24) is 5.32 Å². The Morgan fingerprint density at radius 3 is 2.05 bits per heavy atom. The second-order valence-electron chi connectivity index (χ2n) is 5.86. The molecule has 3 N–H and O–H groups in total. The van der Waals surface area contributed by atoms with E-state index in [2.05, 4.69) is 12.2 Å². The number of nitrogens with two attached hydrogens (primary N) is 1. The Morgan fingerprint density at radius 2 is 1.52 bits per heavy atom. The zero-order valence-corrected chi connectivity index (χ0v) is 15.0. The molecule has 0 saturated carbocycles. The average molecular weight is 317 g/mol. The molecule has 4 heteroatoms. The molecule has 0 aliphatic heterocycles. The fraction of sp³-hybridized carbons (Fsp3) is 0.941. The maximum absolute atomic E-state index is 11.7. The molecule has 126 valence electrons. The number of hydrogen-bond acceptors (Lipinski definition) is 3. The first kappa shape index (κ1) is 20.8. The normalized spacial score (nSPS) is 12.3. The van der Waals surface area contributed by atoms with Crippen LogP contribution in [0, 0.1) is 0 Å². The lowest BCUT2D eigenvalue weighted by atomic mass is 10.1. The predicted octanol–water partition coefficient (Wildman–Crippen LogP) is 4.10. The van der Waals surface area contributed by atoms with Crippen LogP contribution in [0.15, 0.2) is 0 Å². The molecule has 0 aliphatic carbocycles. The molecule has 0 heterocycles. The minimum atomic E-state index is -0.333. The highest BCUT2D eigenvalue weighted by atomic mass is 32.2. The van der Waals surface area contributed by atoms with Gasteiger partial charge in [-0.25, -0.2) is 0 Å². The Kier molecular flexibility index (Phi) is 16.0. The van der Waals surface area contributed by atoms with Crippen molar-refractivity contribution in [2.75, 3.05) is 18.6 Å². The molecular formula is C17H36N2OS. The quantitative estimate of drug-likeness (QED) is 0.447. The molecule has 0 aromatic heterocycles. The zero-order chi connectivity index (χ0) is 15.8. The molecule has 0 spiro atoms. The highest BCUT2D eigenvalue weighted by Crippen LogP contribution is 2.10. The van der Waals surface area contributed by atoms with Crippen LogP contribution in [0.4, 0.5) is 0 Å². The fourth-order valence-corrected chi connectivity index (χ4v) is 2.82. The molecule has 0 aromatic carbocycles. The Bertz CT molecular complexity index is 237. The van der Waals surface area contributed by atoms with Gasteiger partial charge in [-0.15, -0.1) is 0 Å². The van der Waals surface area contributed by atoms with Gasteiger partial charge in [0.15, 0.2) is 0 Å². The lowest BCUT2D eigenvalue weighted by Gasteiger charge is -2.11. The fourth-order valence-electron chi connectivity index (χ4n) is 2.33. The number of carbonyl (C=O) groups excluding carboxylic acids is 1. The van der Waals surface area contributed by atoms with Gasteiger partial charge in [-0.3, -0.25) is 4.79 Å². The first-order chi connectivity index (χ1) is 10.2. The topological polar surface area (TPSA) is 55.1 Å². The second kappa shape index (κ2) is 16.2. The maximum Gasteiger partial charge on any atom is 0.236 e. The van der Waals surface area contributed by atoms with Gasteiger partial charge in [0.1, 0.15) is 0 Å². The summed E-state index contributed by atoms with van der Waals surface area (Å²) in [5, 5.41) is 2.94. The van der Waals surface area contributed by atoms with Crippen LogP contribution in [0.5, 0.6) is 0 Å². The van der Waals surface area contributed by atoms with Crippen LogP contribution < -0.4 is 11.1 Å². The summed E-state index contributed by atoms with van der Waals surface area (Å²) in [6.07, 6.45) is 16.0. The number of carbonyl (C=O) groups is 1. The first-order valence-electron chi connectivity index (χ1n) is 8.74. The molecule has 3 nitrogen and oxygen atoms in total. The number of nitrogens with one attached hydrogen (secondary N) is 1. The van der Waals surface area contributed by atoms with E-state index >= 15 is 0 Å². The van der Waals surface area contributed by atoms with Crippen molar-refractivity contribution in [3.8, 4) is 0 Å². The smallest absolute Gasteiger partial charge is 0.236 e. The second-order valence-corrected chi connectivity index (χ2v) is 6.85. The van der Waals surface area contributed by atoms with Crippen LogP contribution >= 0.6 is 11.8 Å². The van der Waals surface area contributed by atoms with Crippen molar-refractivity contribution in [3.05, 3.63) is 0 Å². The van der Waals surface area contributed by atoms with Gasteiger partial charge in [0.25, 0.3) is 0 Å². The summed E-state index contributed by atoms with van der Waals surface area (Å²) in [6.45, 7) is 3.04. The summed E-state index contributed by atoms with van der Waals surface area (Å²) in [4.78, 5) is 11.7. The van der Waals surface area contributed by atoms with Crippen molar-refractivity contribution in [2.24, 2.45) is 5.73 Å². The van der Waals surface area contributed by atoms with E-state index in [0.29, 0.717) is 0 Å². The van der Waals surface area contributed by atoms with Crippen LogP contribution in [-0.4, -0.2) is 30.5 Å². The van der Waals surface area contributed by atoms with E-state index in [1.807, 2.05) is 6.26 Å². The van der Waals surface area contributed by atoms with Crippen LogP contribution in [0.2, 0.25) is 0 Å². The lowest BCUT2D eigenvalue weighted by Crippen LogP contribution is -2.41. The SMILES string of the molecule is CCCCCCCCCCCCNC(=O)[C@@H](N)CCSC. The molecule has 0 radical (unpaired) electrons. The van der Waals surface area contributed by atoms with Gasteiger partial charge in [-0.05, 0) is 24.9 Å². The van der Waals surface area contributed by atoms with Gasteiger partial charge in [0.05, 0.1) is 6.04 Å². The van der Waals surface area contributed by atoms with Gasteiger partial charge in [-0.1, -0.05) is 64.7 Å². The maximum atomic E-state index is 11.7.